The second kappa shape index (κ2) is 15.6. The summed E-state index contributed by atoms with van der Waals surface area (Å²) in [6.07, 6.45) is 2.04. The fourth-order valence-electron chi connectivity index (χ4n) is 7.71. The molecule has 5 nitrogen and oxygen atoms in total. The van der Waals surface area contributed by atoms with Crippen LogP contribution in [0.4, 0.5) is 0 Å². The van der Waals surface area contributed by atoms with Crippen molar-refractivity contribution in [3.8, 4) is 39.5 Å². The average Bonchev–Trinajstić information content (AvgIpc) is 3.98. The first-order valence-corrected chi connectivity index (χ1v) is 26.7. The van der Waals surface area contributed by atoms with Crippen molar-refractivity contribution >= 4 is 72.6 Å². The molecule has 0 aliphatic carbocycles. The van der Waals surface area contributed by atoms with Gasteiger partial charge in [0.25, 0.3) is 0 Å². The Kier molecular flexibility index (Phi) is 9.25. The number of hydrogen-bond donors (Lipinski definition) is 0. The molecule has 4 aromatic heterocycles. The summed E-state index contributed by atoms with van der Waals surface area (Å²) in [5.74, 6) is 7.82. The molecular formula is C52H39GeIrN3O2-2. The predicted octanol–water partition coefficient (Wildman–Crippen LogP) is 13.4. The molecule has 0 spiro atoms. The Bertz CT molecular complexity index is 3390. The van der Waals surface area contributed by atoms with E-state index in [1.165, 1.54) is 4.40 Å². The molecule has 0 aliphatic rings. The number of aromatic nitrogens is 3. The summed E-state index contributed by atoms with van der Waals surface area (Å²) in [4.78, 5) is 9.68. The number of pyridine rings is 1. The average molecular weight is 1010 g/mol. The van der Waals surface area contributed by atoms with Crippen molar-refractivity contribution in [3.63, 3.8) is 0 Å². The van der Waals surface area contributed by atoms with Gasteiger partial charge in [0.05, 0.1) is 28.1 Å². The third-order valence-corrected chi connectivity index (χ3v) is 14.9. The van der Waals surface area contributed by atoms with Gasteiger partial charge in [-0.1, -0.05) is 107 Å². The predicted molar refractivity (Wildman–Crippen MR) is 242 cm³/mol. The van der Waals surface area contributed by atoms with Crippen LogP contribution in [0.5, 0.6) is 0 Å². The van der Waals surface area contributed by atoms with Crippen LogP contribution in [0, 0.1) is 19.0 Å². The summed E-state index contributed by atoms with van der Waals surface area (Å²) in [5, 5.41) is 3.96. The van der Waals surface area contributed by atoms with E-state index < -0.39 is 20.1 Å². The van der Waals surface area contributed by atoms with Crippen LogP contribution in [0.1, 0.15) is 9.68 Å². The van der Waals surface area contributed by atoms with Gasteiger partial charge in [0, 0.05) is 40.4 Å². The number of imidazole rings is 1. The van der Waals surface area contributed by atoms with Crippen molar-refractivity contribution in [2.45, 2.75) is 24.1 Å². The number of hydrogen-bond acceptors (Lipinski definition) is 4. The van der Waals surface area contributed by atoms with Gasteiger partial charge < -0.3 is 13.4 Å². The fraction of sp³-hybridized carbons (Fsp3) is 0.0769. The van der Waals surface area contributed by atoms with Crippen LogP contribution in [0.2, 0.25) is 17.3 Å². The van der Waals surface area contributed by atoms with Gasteiger partial charge in [-0.2, -0.15) is 0 Å². The molecule has 0 amide bonds. The molecule has 4 heterocycles. The first kappa shape index (κ1) is 34.9. The molecule has 0 saturated carbocycles. The Morgan fingerprint density at radius 1 is 0.661 bits per heavy atom. The molecule has 7 aromatic carbocycles. The van der Waals surface area contributed by atoms with Crippen LogP contribution in [-0.2, 0) is 20.1 Å². The van der Waals surface area contributed by atoms with Crippen molar-refractivity contribution in [2.75, 3.05) is 0 Å². The Hall–Kier alpha value is -6.05. The number of furan rings is 2. The number of aryl methyl sites for hydroxylation is 1. The minimum atomic E-state index is -2.17. The van der Waals surface area contributed by atoms with E-state index in [1.54, 1.807) is 12.1 Å². The van der Waals surface area contributed by atoms with E-state index in [0.717, 1.165) is 77.4 Å². The molecule has 1 radical (unpaired) electrons. The van der Waals surface area contributed by atoms with Crippen LogP contribution in [0.25, 0.3) is 94.4 Å². The fourth-order valence-corrected chi connectivity index (χ4v) is 9.88. The first-order valence-electron chi connectivity index (χ1n) is 20.8. The zero-order valence-electron chi connectivity index (χ0n) is 35.6. The summed E-state index contributed by atoms with van der Waals surface area (Å²) in [7, 11) is 0. The zero-order chi connectivity index (χ0) is 41.9. The van der Waals surface area contributed by atoms with Crippen LogP contribution in [0.15, 0.2) is 173 Å². The van der Waals surface area contributed by atoms with Gasteiger partial charge >= 0.3 is 99.8 Å². The minimum Gasteiger partial charge on any atom is 0 e. The van der Waals surface area contributed by atoms with Crippen molar-refractivity contribution < 1.29 is 33.1 Å². The molecule has 11 rings (SSSR count). The third-order valence-electron chi connectivity index (χ3n) is 10.7. The molecule has 0 unspecified atom stereocenters. The van der Waals surface area contributed by atoms with E-state index in [1.807, 2.05) is 115 Å². The summed E-state index contributed by atoms with van der Waals surface area (Å²) in [6.45, 7) is -2.17. The standard InChI is InChI=1S/C38H23N2O2.C14H16GeN.Ir/c1-23-17-19-24(20-18-23)25-21-22-29(37-35(25)28-10-3-7-16-34(28)42-37)38-39-30-12-4-5-13-31(30)40(38)32-14-8-11-27-26-9-2-6-15-33(26)41-36(27)32;1-15(2,3)13-9-10-14(16-11-13)12-7-5-4-6-8-12;/h2-21H,1H3;4-7,9-11H,1-3H3;/q2*-1;/i1D3;;. The number of benzene rings is 7. The van der Waals surface area contributed by atoms with Gasteiger partial charge in [0.2, 0.25) is 0 Å². The van der Waals surface area contributed by atoms with Crippen molar-refractivity contribution in [2.24, 2.45) is 0 Å². The smallest absolute Gasteiger partial charge is 0 e. The molecule has 289 valence electrons. The van der Waals surface area contributed by atoms with E-state index in [2.05, 4.69) is 75.4 Å². The quantitative estimate of drug-likeness (QED) is 0.127. The second-order valence-electron chi connectivity index (χ2n) is 15.4. The first-order chi connectivity index (χ1) is 29.5. The van der Waals surface area contributed by atoms with Crippen molar-refractivity contribution in [1.82, 2.24) is 14.5 Å². The maximum atomic E-state index is 7.80. The van der Waals surface area contributed by atoms with E-state index >= 15 is 0 Å². The second-order valence-corrected chi connectivity index (χ2v) is 26.1. The Morgan fingerprint density at radius 2 is 1.37 bits per heavy atom. The van der Waals surface area contributed by atoms with Gasteiger partial charge in [-0.05, 0) is 42.6 Å². The Labute approximate surface area is 363 Å². The van der Waals surface area contributed by atoms with Gasteiger partial charge in [-0.15, -0.1) is 12.1 Å². The monoisotopic (exact) mass is 1010 g/mol. The minimum absolute atomic E-state index is 0. The topological polar surface area (TPSA) is 57.0 Å². The molecule has 0 saturated heterocycles. The maximum Gasteiger partial charge on any atom is 0 e. The number of fused-ring (bicyclic) bond motifs is 7. The largest absolute Gasteiger partial charge is 0 e. The number of rotatable bonds is 5. The van der Waals surface area contributed by atoms with Crippen molar-refractivity contribution in [1.29, 1.82) is 0 Å². The van der Waals surface area contributed by atoms with Crippen molar-refractivity contribution in [3.05, 3.63) is 182 Å². The molecule has 0 fully saturated rings. The van der Waals surface area contributed by atoms with Crippen LogP contribution in [0.3, 0.4) is 0 Å². The van der Waals surface area contributed by atoms with Crippen LogP contribution in [-0.4, -0.2) is 27.8 Å². The molecular weight excluding hydrogens is 963 g/mol. The van der Waals surface area contributed by atoms with Gasteiger partial charge in [0.1, 0.15) is 11.2 Å². The van der Waals surface area contributed by atoms with Gasteiger partial charge in [0.15, 0.2) is 5.58 Å². The summed E-state index contributed by atoms with van der Waals surface area (Å²) < 4.78 is 40.0. The molecule has 0 aliphatic heterocycles. The zero-order valence-corrected chi connectivity index (χ0v) is 37.1. The number of nitrogens with zero attached hydrogens (tertiary/aromatic N) is 3. The molecule has 0 N–H and O–H groups in total. The van der Waals surface area contributed by atoms with Gasteiger partial charge in [-0.3, -0.25) is 4.98 Å². The normalized spacial score (nSPS) is 12.6. The molecule has 59 heavy (non-hydrogen) atoms. The maximum absolute atomic E-state index is 7.80. The van der Waals surface area contributed by atoms with Crippen LogP contribution < -0.4 is 4.40 Å². The molecule has 7 heteroatoms. The Morgan fingerprint density at radius 3 is 2.12 bits per heavy atom. The SMILES string of the molecule is [2H]C([2H])([2H])c1ccc(-c2c[c-]c(-c3nc4ccccc4n3-c3cccc4c3oc3ccccc34)c3oc4ccccc4c23)cc1.[CH3][Ge]([CH3])([CH3])[c]1ccc(-c2[c-]cccc2)nc1.[Ir]. The number of para-hydroxylation sites is 5. The van der Waals surface area contributed by atoms with E-state index in [9.17, 15) is 0 Å². The summed E-state index contributed by atoms with van der Waals surface area (Å²) in [5.41, 5.74) is 10.5. The summed E-state index contributed by atoms with van der Waals surface area (Å²) in [6, 6.07) is 58.3. The van der Waals surface area contributed by atoms with E-state index in [0.29, 0.717) is 22.5 Å². The Balaban J connectivity index is 0.000000244. The molecule has 11 aromatic rings. The van der Waals surface area contributed by atoms with E-state index in [4.69, 9.17) is 17.9 Å². The third kappa shape index (κ3) is 7.01. The summed E-state index contributed by atoms with van der Waals surface area (Å²) >= 11 is -1.72. The molecule has 0 atom stereocenters. The van der Waals surface area contributed by atoms with E-state index in [-0.39, 0.29) is 20.1 Å². The molecule has 0 bridgehead atoms. The van der Waals surface area contributed by atoms with Gasteiger partial charge in [-0.25, -0.2) is 0 Å². The van der Waals surface area contributed by atoms with Crippen LogP contribution >= 0.6 is 0 Å².